The monoisotopic (exact) mass is 319 g/mol. The summed E-state index contributed by atoms with van der Waals surface area (Å²) in [4.78, 5) is 28.6. The summed E-state index contributed by atoms with van der Waals surface area (Å²) in [6.45, 7) is 6.13. The van der Waals surface area contributed by atoms with Gasteiger partial charge in [0.25, 0.3) is 5.56 Å². The molecule has 3 heterocycles. The molecule has 0 bridgehead atoms. The second kappa shape index (κ2) is 7.27. The van der Waals surface area contributed by atoms with Gasteiger partial charge >= 0.3 is 0 Å². The fraction of sp³-hybridized carbons (Fsp3) is 0.647. The van der Waals surface area contributed by atoms with Gasteiger partial charge in [0.15, 0.2) is 0 Å². The van der Waals surface area contributed by atoms with Crippen LogP contribution in [0.4, 0.5) is 0 Å². The maximum atomic E-state index is 12.5. The predicted molar refractivity (Wildman–Crippen MR) is 87.3 cm³/mol. The molecule has 1 aromatic heterocycles. The average Bonchev–Trinajstić information content (AvgIpc) is 2.57. The van der Waals surface area contributed by atoms with Crippen LogP contribution in [0.15, 0.2) is 29.2 Å². The number of piperazine rings is 1. The van der Waals surface area contributed by atoms with Crippen LogP contribution >= 0.6 is 0 Å². The van der Waals surface area contributed by atoms with E-state index in [2.05, 4.69) is 11.8 Å². The Bertz CT molecular complexity index is 599. The molecule has 2 atom stereocenters. The van der Waals surface area contributed by atoms with Gasteiger partial charge < -0.3 is 14.2 Å². The lowest BCUT2D eigenvalue weighted by Gasteiger charge is -2.48. The highest BCUT2D eigenvalue weighted by atomic mass is 16.5. The molecule has 6 nitrogen and oxygen atoms in total. The van der Waals surface area contributed by atoms with Crippen LogP contribution in [0, 0.1) is 0 Å². The summed E-state index contributed by atoms with van der Waals surface area (Å²) >= 11 is 0. The van der Waals surface area contributed by atoms with Gasteiger partial charge in [0, 0.05) is 37.9 Å². The molecule has 0 unspecified atom stereocenters. The predicted octanol–water partition coefficient (Wildman–Crippen LogP) is 0.560. The maximum Gasteiger partial charge on any atom is 0.250 e. The van der Waals surface area contributed by atoms with E-state index in [0.717, 1.165) is 32.5 Å². The first kappa shape index (κ1) is 16.2. The van der Waals surface area contributed by atoms with Crippen molar-refractivity contribution >= 4 is 5.91 Å². The quantitative estimate of drug-likeness (QED) is 0.814. The van der Waals surface area contributed by atoms with E-state index < -0.39 is 0 Å². The Morgan fingerprint density at radius 2 is 2.17 bits per heavy atom. The molecule has 1 aromatic rings. The molecule has 2 aliphatic heterocycles. The average molecular weight is 319 g/mol. The Morgan fingerprint density at radius 3 is 2.96 bits per heavy atom. The number of carbonyl (C=O) groups is 1. The summed E-state index contributed by atoms with van der Waals surface area (Å²) < 4.78 is 7.20. The minimum Gasteiger partial charge on any atom is -0.378 e. The summed E-state index contributed by atoms with van der Waals surface area (Å²) in [5.41, 5.74) is -0.136. The number of nitrogens with zero attached hydrogens (tertiary/aromatic N) is 3. The topological polar surface area (TPSA) is 54.8 Å². The fourth-order valence-corrected chi connectivity index (χ4v) is 3.58. The minimum absolute atomic E-state index is 0.00978. The van der Waals surface area contributed by atoms with Gasteiger partial charge in [0.05, 0.1) is 19.3 Å². The van der Waals surface area contributed by atoms with Gasteiger partial charge in [0.2, 0.25) is 5.91 Å². The van der Waals surface area contributed by atoms with Crippen LogP contribution in [0.1, 0.15) is 19.8 Å². The molecule has 2 aliphatic rings. The van der Waals surface area contributed by atoms with Crippen LogP contribution in [0.5, 0.6) is 0 Å². The number of hydrogen-bond donors (Lipinski definition) is 0. The lowest BCUT2D eigenvalue weighted by molar-refractivity contribution is -0.140. The number of ether oxygens (including phenoxy) is 1. The number of morpholine rings is 1. The number of amides is 1. The second-order valence-electron chi connectivity index (χ2n) is 6.38. The highest BCUT2D eigenvalue weighted by Gasteiger charge is 2.36. The summed E-state index contributed by atoms with van der Waals surface area (Å²) in [7, 11) is 0. The maximum absolute atomic E-state index is 12.5. The molecule has 1 amide bonds. The number of carbonyl (C=O) groups excluding carboxylic acids is 1. The van der Waals surface area contributed by atoms with Crippen LogP contribution in [0.3, 0.4) is 0 Å². The van der Waals surface area contributed by atoms with Gasteiger partial charge in [-0.25, -0.2) is 0 Å². The summed E-state index contributed by atoms with van der Waals surface area (Å²) in [5.74, 6) is 0.00978. The smallest absolute Gasteiger partial charge is 0.250 e. The van der Waals surface area contributed by atoms with Crippen molar-refractivity contribution in [1.82, 2.24) is 14.4 Å². The molecule has 0 spiro atoms. The molecule has 0 saturated carbocycles. The highest BCUT2D eigenvalue weighted by Crippen LogP contribution is 2.21. The van der Waals surface area contributed by atoms with E-state index in [-0.39, 0.29) is 24.1 Å². The van der Waals surface area contributed by atoms with E-state index in [9.17, 15) is 9.59 Å². The van der Waals surface area contributed by atoms with Gasteiger partial charge in [-0.15, -0.1) is 0 Å². The van der Waals surface area contributed by atoms with Gasteiger partial charge in [-0.05, 0) is 12.5 Å². The van der Waals surface area contributed by atoms with E-state index in [1.807, 2.05) is 4.90 Å². The van der Waals surface area contributed by atoms with E-state index in [1.165, 1.54) is 10.6 Å². The van der Waals surface area contributed by atoms with Crippen molar-refractivity contribution in [1.29, 1.82) is 0 Å². The standard InChI is InChI=1S/C17H25N3O3/c1-2-5-14-12-23-13-15-10-19(8-9-20(14)15)17(22)11-18-7-4-3-6-16(18)21/h3-4,6-7,14-15H,2,5,8-13H2,1H3/t14-,15+/m0/s1. The minimum atomic E-state index is -0.136. The molecule has 3 rings (SSSR count). The summed E-state index contributed by atoms with van der Waals surface area (Å²) in [6.07, 6.45) is 3.96. The molecule has 2 saturated heterocycles. The van der Waals surface area contributed by atoms with Crippen LogP contribution in [0.2, 0.25) is 0 Å². The van der Waals surface area contributed by atoms with Crippen LogP contribution in [0.25, 0.3) is 0 Å². The van der Waals surface area contributed by atoms with Gasteiger partial charge in [-0.2, -0.15) is 0 Å². The van der Waals surface area contributed by atoms with Crippen molar-refractivity contribution in [2.75, 3.05) is 32.8 Å². The Hall–Kier alpha value is -1.66. The zero-order valence-electron chi connectivity index (χ0n) is 13.7. The molecule has 23 heavy (non-hydrogen) atoms. The van der Waals surface area contributed by atoms with Gasteiger partial charge in [-0.1, -0.05) is 19.4 Å². The van der Waals surface area contributed by atoms with E-state index in [1.54, 1.807) is 18.3 Å². The third-order valence-electron chi connectivity index (χ3n) is 4.80. The largest absolute Gasteiger partial charge is 0.378 e. The SMILES string of the molecule is CCC[C@H]1COC[C@H]2CN(C(=O)Cn3ccccc3=O)CCN12. The molecular weight excluding hydrogens is 294 g/mol. The number of rotatable bonds is 4. The lowest BCUT2D eigenvalue weighted by atomic mass is 10.0. The zero-order chi connectivity index (χ0) is 16.2. The molecule has 2 fully saturated rings. The van der Waals surface area contributed by atoms with Crippen LogP contribution < -0.4 is 5.56 Å². The normalized spacial score (nSPS) is 25.2. The Kier molecular flexibility index (Phi) is 5.13. The number of pyridine rings is 1. The summed E-state index contributed by atoms with van der Waals surface area (Å²) in [5, 5.41) is 0. The van der Waals surface area contributed by atoms with Crippen molar-refractivity contribution in [3.8, 4) is 0 Å². The Morgan fingerprint density at radius 1 is 1.30 bits per heavy atom. The third-order valence-corrected chi connectivity index (χ3v) is 4.80. The Labute approximate surface area is 136 Å². The molecule has 6 heteroatoms. The third kappa shape index (κ3) is 3.64. The van der Waals surface area contributed by atoms with E-state index >= 15 is 0 Å². The first-order valence-corrected chi connectivity index (χ1v) is 8.45. The molecule has 0 radical (unpaired) electrons. The highest BCUT2D eigenvalue weighted by molar-refractivity contribution is 5.76. The van der Waals surface area contributed by atoms with Gasteiger partial charge in [0.1, 0.15) is 6.54 Å². The fourth-order valence-electron chi connectivity index (χ4n) is 3.58. The van der Waals surface area contributed by atoms with Crippen molar-refractivity contribution in [3.05, 3.63) is 34.7 Å². The van der Waals surface area contributed by atoms with Crippen molar-refractivity contribution < 1.29 is 9.53 Å². The van der Waals surface area contributed by atoms with Crippen molar-refractivity contribution in [2.45, 2.75) is 38.4 Å². The van der Waals surface area contributed by atoms with Gasteiger partial charge in [-0.3, -0.25) is 14.5 Å². The lowest BCUT2D eigenvalue weighted by Crippen LogP contribution is -2.62. The molecule has 0 aromatic carbocycles. The van der Waals surface area contributed by atoms with E-state index in [4.69, 9.17) is 4.74 Å². The molecule has 0 aliphatic carbocycles. The van der Waals surface area contributed by atoms with Crippen molar-refractivity contribution in [2.24, 2.45) is 0 Å². The van der Waals surface area contributed by atoms with Crippen LogP contribution in [-0.4, -0.2) is 65.2 Å². The Balaban J connectivity index is 1.62. The number of aromatic nitrogens is 1. The molecule has 0 N–H and O–H groups in total. The number of hydrogen-bond acceptors (Lipinski definition) is 4. The van der Waals surface area contributed by atoms with E-state index in [0.29, 0.717) is 19.2 Å². The zero-order valence-corrected chi connectivity index (χ0v) is 13.7. The number of fused-ring (bicyclic) bond motifs is 1. The second-order valence-corrected chi connectivity index (χ2v) is 6.38. The van der Waals surface area contributed by atoms with Crippen LogP contribution in [-0.2, 0) is 16.1 Å². The van der Waals surface area contributed by atoms with Crippen molar-refractivity contribution in [3.63, 3.8) is 0 Å². The first-order valence-electron chi connectivity index (χ1n) is 8.45. The molecular formula is C17H25N3O3. The molecule has 126 valence electrons. The summed E-state index contributed by atoms with van der Waals surface area (Å²) in [6, 6.07) is 5.71. The first-order chi connectivity index (χ1) is 11.2.